The molecule has 0 aromatic rings. The number of carboxylic acids is 6. The highest BCUT2D eigenvalue weighted by Gasteiger charge is 2.15. The van der Waals surface area contributed by atoms with E-state index in [1.807, 2.05) is 0 Å². The number of hydrogen-bond acceptors (Lipinski definition) is 18. The highest BCUT2D eigenvalue weighted by molar-refractivity contribution is 5.87. The number of carbonyl (C=O) groups is 14. The quantitative estimate of drug-likeness (QED) is 0.0217. The minimum absolute atomic E-state index is 0.0417. The molecule has 0 saturated heterocycles. The summed E-state index contributed by atoms with van der Waals surface area (Å²) in [6.07, 6.45) is 3.96. The van der Waals surface area contributed by atoms with Crippen molar-refractivity contribution in [3.8, 4) is 0 Å². The molecule has 66 heavy (non-hydrogen) atoms. The van der Waals surface area contributed by atoms with Crippen molar-refractivity contribution in [1.82, 2.24) is 0 Å². The molecule has 0 aliphatic rings. The first-order valence-corrected chi connectivity index (χ1v) is 21.3. The minimum atomic E-state index is -0.956. The maximum absolute atomic E-state index is 11.5. The second-order valence-electron chi connectivity index (χ2n) is 14.2. The van der Waals surface area contributed by atoms with E-state index in [0.717, 1.165) is 0 Å². The number of carboxylic acid groups (broad SMARTS) is 6. The fraction of sp³-hybridized carbons (Fsp3) is 0.667. The van der Waals surface area contributed by atoms with E-state index in [4.69, 9.17) is 30.6 Å². The van der Waals surface area contributed by atoms with E-state index in [-0.39, 0.29) is 116 Å². The molecule has 374 valence electrons. The molecule has 0 aliphatic carbocycles. The van der Waals surface area contributed by atoms with Crippen LogP contribution in [0.25, 0.3) is 0 Å². The molecule has 24 nitrogen and oxygen atoms in total. The van der Waals surface area contributed by atoms with Crippen molar-refractivity contribution in [2.75, 3.05) is 0 Å². The van der Waals surface area contributed by atoms with Gasteiger partial charge in [0, 0.05) is 89.9 Å². The second-order valence-corrected chi connectivity index (χ2v) is 14.2. The number of aliphatic carboxylic acids is 6. The van der Waals surface area contributed by atoms with E-state index >= 15 is 0 Å². The Morgan fingerprint density at radius 1 is 0.182 bits per heavy atom. The van der Waals surface area contributed by atoms with Gasteiger partial charge in [0.25, 0.3) is 0 Å². The van der Waals surface area contributed by atoms with Crippen molar-refractivity contribution in [2.45, 2.75) is 180 Å². The lowest BCUT2D eigenvalue weighted by Crippen LogP contribution is -2.13. The Balaban J connectivity index is -0.000000997. The molecule has 0 aromatic heterocycles. The van der Waals surface area contributed by atoms with Crippen LogP contribution in [0, 0.1) is 0 Å². The smallest absolute Gasteiger partial charge is 0.313 e. The number of esters is 8. The van der Waals surface area contributed by atoms with Gasteiger partial charge >= 0.3 is 83.6 Å². The Kier molecular flexibility index (Phi) is 40.8. The number of unbranched alkanes of at least 4 members (excludes halogenated alkanes) is 7. The summed E-state index contributed by atoms with van der Waals surface area (Å²) >= 11 is 0. The number of carbonyl (C=O) groups excluding carboxylic acids is 8. The van der Waals surface area contributed by atoms with Gasteiger partial charge in [-0.3, -0.25) is 67.1 Å². The molecule has 0 spiro atoms. The summed E-state index contributed by atoms with van der Waals surface area (Å²) in [5.41, 5.74) is 0. The first-order chi connectivity index (χ1) is 31.0. The molecule has 0 aliphatic heterocycles. The van der Waals surface area contributed by atoms with Crippen molar-refractivity contribution in [1.29, 1.82) is 0 Å². The molecule has 0 saturated carbocycles. The zero-order valence-electron chi connectivity index (χ0n) is 36.8. The third-order valence-corrected chi connectivity index (χ3v) is 8.05. The summed E-state index contributed by atoms with van der Waals surface area (Å²) in [6, 6.07) is 0. The molecule has 0 bridgehead atoms. The Morgan fingerprint density at radius 3 is 0.364 bits per heavy atom. The van der Waals surface area contributed by atoms with Crippen LogP contribution in [0.2, 0.25) is 0 Å². The van der Waals surface area contributed by atoms with Crippen LogP contribution in [0.1, 0.15) is 180 Å². The van der Waals surface area contributed by atoms with Gasteiger partial charge in [-0.1, -0.05) is 0 Å². The van der Waals surface area contributed by atoms with Gasteiger partial charge in [0.1, 0.15) is 0 Å². The van der Waals surface area contributed by atoms with Gasteiger partial charge in [0.15, 0.2) is 0 Å². The van der Waals surface area contributed by atoms with Gasteiger partial charge in [-0.2, -0.15) is 0 Å². The largest absolute Gasteiger partial charge is 0.481 e. The highest BCUT2D eigenvalue weighted by atomic mass is 16.6. The lowest BCUT2D eigenvalue weighted by atomic mass is 10.2. The van der Waals surface area contributed by atoms with Gasteiger partial charge in [0.2, 0.25) is 0 Å². The molecular weight excluding hydrogens is 888 g/mol. The number of hydrogen-bond donors (Lipinski definition) is 6. The zero-order valence-corrected chi connectivity index (χ0v) is 36.8. The first-order valence-electron chi connectivity index (χ1n) is 21.3. The van der Waals surface area contributed by atoms with Crippen LogP contribution in [-0.2, 0) is 86.1 Å². The molecule has 0 amide bonds. The molecular formula is C42H62O24. The van der Waals surface area contributed by atoms with Crippen LogP contribution >= 0.6 is 0 Å². The Bertz CT molecular complexity index is 1380. The summed E-state index contributed by atoms with van der Waals surface area (Å²) in [5, 5.41) is 50.1. The number of ether oxygens (including phenoxy) is 4. The SMILES string of the molecule is O=C(O)CCCCC(=O)O.O=C(O)CCCCC(=O)OC(=O)CCCCC(=O)OC(=O)CCCCC(=O)O.O=C(O)CCCCC(=O)OC(=O)CCCCC(=O)OC(=O)CCCCC(=O)O. The average Bonchev–Trinajstić information content (AvgIpc) is 3.20. The van der Waals surface area contributed by atoms with Crippen LogP contribution in [0.5, 0.6) is 0 Å². The zero-order chi connectivity index (χ0) is 50.7. The topological polar surface area (TPSA) is 397 Å². The summed E-state index contributed by atoms with van der Waals surface area (Å²) in [4.78, 5) is 152. The molecule has 0 heterocycles. The van der Waals surface area contributed by atoms with E-state index in [9.17, 15) is 67.1 Å². The van der Waals surface area contributed by atoms with Gasteiger partial charge in [-0.25, -0.2) is 0 Å². The van der Waals surface area contributed by atoms with E-state index in [1.165, 1.54) is 0 Å². The fourth-order valence-electron chi connectivity index (χ4n) is 4.73. The Hall–Kier alpha value is -6.62. The minimum Gasteiger partial charge on any atom is -0.481 e. The molecule has 24 heteroatoms. The van der Waals surface area contributed by atoms with E-state index in [2.05, 4.69) is 18.9 Å². The van der Waals surface area contributed by atoms with Gasteiger partial charge < -0.3 is 49.6 Å². The monoisotopic (exact) mass is 950 g/mol. The van der Waals surface area contributed by atoms with Crippen LogP contribution in [0.15, 0.2) is 0 Å². The molecule has 0 aromatic carbocycles. The van der Waals surface area contributed by atoms with Crippen molar-refractivity contribution < 1.29 is 117 Å². The van der Waals surface area contributed by atoms with E-state index < -0.39 is 83.6 Å². The lowest BCUT2D eigenvalue weighted by Gasteiger charge is -2.04. The molecule has 0 atom stereocenters. The summed E-state index contributed by atoms with van der Waals surface area (Å²) < 4.78 is 18.3. The van der Waals surface area contributed by atoms with Crippen molar-refractivity contribution in [2.24, 2.45) is 0 Å². The second kappa shape index (κ2) is 42.3. The average molecular weight is 951 g/mol. The standard InChI is InChI=1S/2C18H26O10.C6H10O4/c2*19-13(20)7-1-3-9-15(23)27-17(25)11-5-6-12-18(26)28-16(24)10-4-2-8-14(21)22;7-5(8)3-1-2-4-6(9)10/h2*1-12H2,(H,19,20)(H,21,22);1-4H2,(H,7,8)(H,9,10). The van der Waals surface area contributed by atoms with Crippen molar-refractivity contribution >= 4 is 83.6 Å². The lowest BCUT2D eigenvalue weighted by molar-refractivity contribution is -0.162. The van der Waals surface area contributed by atoms with Gasteiger partial charge in [-0.05, 0) is 89.9 Å². The third-order valence-electron chi connectivity index (χ3n) is 8.05. The third kappa shape index (κ3) is 53.5. The van der Waals surface area contributed by atoms with E-state index in [1.54, 1.807) is 0 Å². The Labute approximate surface area is 379 Å². The van der Waals surface area contributed by atoms with Crippen LogP contribution in [0.4, 0.5) is 0 Å². The number of rotatable bonds is 35. The highest BCUT2D eigenvalue weighted by Crippen LogP contribution is 2.10. The van der Waals surface area contributed by atoms with Crippen molar-refractivity contribution in [3.63, 3.8) is 0 Å². The van der Waals surface area contributed by atoms with Crippen LogP contribution in [0.3, 0.4) is 0 Å². The van der Waals surface area contributed by atoms with Gasteiger partial charge in [0.05, 0.1) is 0 Å². The predicted molar refractivity (Wildman–Crippen MR) is 219 cm³/mol. The Morgan fingerprint density at radius 2 is 0.273 bits per heavy atom. The maximum Gasteiger partial charge on any atom is 0.313 e. The van der Waals surface area contributed by atoms with Crippen LogP contribution in [-0.4, -0.2) is 114 Å². The predicted octanol–water partition coefficient (Wildman–Crippen LogP) is 4.67. The summed E-state index contributed by atoms with van der Waals surface area (Å²) in [6.45, 7) is 0. The van der Waals surface area contributed by atoms with Crippen LogP contribution < -0.4 is 0 Å². The van der Waals surface area contributed by atoms with Crippen molar-refractivity contribution in [3.05, 3.63) is 0 Å². The summed E-state index contributed by atoms with van der Waals surface area (Å²) in [5.74, 6) is -11.4. The van der Waals surface area contributed by atoms with Gasteiger partial charge in [-0.15, -0.1) is 0 Å². The molecule has 0 rings (SSSR count). The van der Waals surface area contributed by atoms with E-state index in [0.29, 0.717) is 64.2 Å². The molecule has 0 unspecified atom stereocenters. The fourth-order valence-corrected chi connectivity index (χ4v) is 4.73. The first kappa shape index (κ1) is 63.7. The molecule has 6 N–H and O–H groups in total. The summed E-state index contributed by atoms with van der Waals surface area (Å²) in [7, 11) is 0. The normalized spacial score (nSPS) is 10.0. The molecule has 0 fully saturated rings. The maximum atomic E-state index is 11.5. The molecule has 0 radical (unpaired) electrons.